The van der Waals surface area contributed by atoms with Crippen LogP contribution < -0.4 is 5.32 Å². The highest BCUT2D eigenvalue weighted by molar-refractivity contribution is 5.84. The Morgan fingerprint density at radius 3 is 2.81 bits per heavy atom. The summed E-state index contributed by atoms with van der Waals surface area (Å²) in [6, 6.07) is 0.0496. The number of nitrogens with one attached hydrogen (secondary N) is 1. The predicted octanol–water partition coefficient (Wildman–Crippen LogP) is 2.78. The summed E-state index contributed by atoms with van der Waals surface area (Å²) >= 11 is 0. The second-order valence-corrected chi connectivity index (χ2v) is 7.06. The van der Waals surface area contributed by atoms with Crippen LogP contribution in [0, 0.1) is 11.8 Å². The third-order valence-corrected chi connectivity index (χ3v) is 4.69. The molecule has 2 heterocycles. The van der Waals surface area contributed by atoms with Gasteiger partial charge >= 0.3 is 0 Å². The molecule has 2 aliphatic heterocycles. The number of carbonyl (C=O) groups is 1. The average molecular weight is 296 g/mol. The van der Waals surface area contributed by atoms with E-state index in [2.05, 4.69) is 31.0 Å². The summed E-state index contributed by atoms with van der Waals surface area (Å²) in [6.07, 6.45) is 6.79. The molecule has 0 saturated carbocycles. The normalized spacial score (nSPS) is 29.8. The van der Waals surface area contributed by atoms with Crippen molar-refractivity contribution in [2.24, 2.45) is 11.8 Å². The van der Waals surface area contributed by atoms with Crippen LogP contribution >= 0.6 is 0 Å². The molecule has 0 aliphatic carbocycles. The van der Waals surface area contributed by atoms with Crippen LogP contribution in [0.25, 0.3) is 0 Å². The van der Waals surface area contributed by atoms with Gasteiger partial charge in [0.05, 0.1) is 12.2 Å². The Morgan fingerprint density at radius 2 is 2.19 bits per heavy atom. The van der Waals surface area contributed by atoms with Gasteiger partial charge in [0, 0.05) is 19.8 Å². The van der Waals surface area contributed by atoms with E-state index in [9.17, 15) is 4.79 Å². The lowest BCUT2D eigenvalue weighted by molar-refractivity contribution is -0.130. The van der Waals surface area contributed by atoms with E-state index in [4.69, 9.17) is 4.74 Å². The zero-order valence-electron chi connectivity index (χ0n) is 13.9. The van der Waals surface area contributed by atoms with E-state index in [1.165, 1.54) is 0 Å². The smallest absolute Gasteiger partial charge is 0.241 e. The van der Waals surface area contributed by atoms with Crippen molar-refractivity contribution in [3.05, 3.63) is 0 Å². The molecule has 2 rings (SSSR count). The minimum atomic E-state index is 0.0496. The van der Waals surface area contributed by atoms with Gasteiger partial charge in [-0.25, -0.2) is 0 Å². The van der Waals surface area contributed by atoms with Crippen LogP contribution in [0.2, 0.25) is 0 Å². The summed E-state index contributed by atoms with van der Waals surface area (Å²) in [5.41, 5.74) is 0. The molecule has 0 aromatic rings. The zero-order chi connectivity index (χ0) is 15.2. The van der Waals surface area contributed by atoms with Gasteiger partial charge in [-0.05, 0) is 37.5 Å². The molecule has 1 amide bonds. The Labute approximate surface area is 129 Å². The van der Waals surface area contributed by atoms with Crippen molar-refractivity contribution in [1.82, 2.24) is 10.2 Å². The van der Waals surface area contributed by atoms with Crippen molar-refractivity contribution < 1.29 is 9.53 Å². The number of nitrogens with zero attached hydrogens (tertiary/aromatic N) is 1. The molecule has 4 nitrogen and oxygen atoms in total. The highest BCUT2D eigenvalue weighted by atomic mass is 16.5. The van der Waals surface area contributed by atoms with E-state index in [0.29, 0.717) is 17.7 Å². The topological polar surface area (TPSA) is 41.6 Å². The second-order valence-electron chi connectivity index (χ2n) is 7.06. The number of unbranched alkanes of at least 4 members (excludes halogenated alkanes) is 1. The second kappa shape index (κ2) is 8.14. The fraction of sp³-hybridized carbons (Fsp3) is 0.941. The first-order valence-corrected chi connectivity index (χ1v) is 8.76. The first-order valence-electron chi connectivity index (χ1n) is 8.76. The minimum absolute atomic E-state index is 0.0496. The van der Waals surface area contributed by atoms with Crippen LogP contribution in [0.5, 0.6) is 0 Å². The van der Waals surface area contributed by atoms with Crippen molar-refractivity contribution in [2.75, 3.05) is 19.8 Å². The zero-order valence-corrected chi connectivity index (χ0v) is 13.9. The molecular formula is C17H32N2O2. The fourth-order valence-electron chi connectivity index (χ4n) is 3.40. The van der Waals surface area contributed by atoms with Crippen LogP contribution in [0.3, 0.4) is 0 Å². The summed E-state index contributed by atoms with van der Waals surface area (Å²) in [6.45, 7) is 9.31. The predicted molar refractivity (Wildman–Crippen MR) is 84.9 cm³/mol. The highest BCUT2D eigenvalue weighted by Gasteiger charge is 2.38. The maximum atomic E-state index is 12.6. The van der Waals surface area contributed by atoms with Gasteiger partial charge in [0.15, 0.2) is 0 Å². The lowest BCUT2D eigenvalue weighted by atomic mass is 10.0. The molecule has 0 aromatic carbocycles. The van der Waals surface area contributed by atoms with Crippen LogP contribution in [-0.2, 0) is 9.53 Å². The quantitative estimate of drug-likeness (QED) is 0.749. The molecule has 0 bridgehead atoms. The number of hydrogen-bond acceptors (Lipinski definition) is 3. The Hall–Kier alpha value is -0.610. The van der Waals surface area contributed by atoms with Gasteiger partial charge in [-0.15, -0.1) is 0 Å². The third-order valence-electron chi connectivity index (χ3n) is 4.69. The Kier molecular flexibility index (Phi) is 6.49. The van der Waals surface area contributed by atoms with Crippen LogP contribution in [-0.4, -0.2) is 42.8 Å². The SMILES string of the molecule is CCCCC1NC(CC(C)C)N(CCC2CCOC2)C1=O. The molecule has 0 spiro atoms. The summed E-state index contributed by atoms with van der Waals surface area (Å²) < 4.78 is 5.45. The molecule has 122 valence electrons. The number of amides is 1. The van der Waals surface area contributed by atoms with Crippen molar-refractivity contribution in [3.63, 3.8) is 0 Å². The van der Waals surface area contributed by atoms with Crippen molar-refractivity contribution in [1.29, 1.82) is 0 Å². The fourth-order valence-corrected chi connectivity index (χ4v) is 3.40. The Bertz CT molecular complexity index is 327. The maximum absolute atomic E-state index is 12.6. The van der Waals surface area contributed by atoms with Gasteiger partial charge in [-0.2, -0.15) is 0 Å². The summed E-state index contributed by atoms with van der Waals surface area (Å²) in [7, 11) is 0. The molecule has 2 saturated heterocycles. The molecule has 0 radical (unpaired) electrons. The molecule has 3 unspecified atom stereocenters. The number of hydrogen-bond donors (Lipinski definition) is 1. The van der Waals surface area contributed by atoms with Gasteiger partial charge in [0.2, 0.25) is 5.91 Å². The molecular weight excluding hydrogens is 264 g/mol. The van der Waals surface area contributed by atoms with E-state index in [0.717, 1.165) is 58.3 Å². The maximum Gasteiger partial charge on any atom is 0.241 e. The number of carbonyl (C=O) groups excluding carboxylic acids is 1. The Morgan fingerprint density at radius 1 is 1.38 bits per heavy atom. The third kappa shape index (κ3) is 4.68. The van der Waals surface area contributed by atoms with Gasteiger partial charge in [-0.1, -0.05) is 33.6 Å². The number of ether oxygens (including phenoxy) is 1. The monoisotopic (exact) mass is 296 g/mol. The Balaban J connectivity index is 1.90. The molecule has 4 heteroatoms. The molecule has 0 aromatic heterocycles. The van der Waals surface area contributed by atoms with E-state index in [-0.39, 0.29) is 12.2 Å². The standard InChI is InChI=1S/C17H32N2O2/c1-4-5-6-15-17(20)19(16(18-15)11-13(2)3)9-7-14-8-10-21-12-14/h13-16,18H,4-12H2,1-3H3. The first-order chi connectivity index (χ1) is 10.1. The largest absolute Gasteiger partial charge is 0.381 e. The van der Waals surface area contributed by atoms with Gasteiger partial charge in [-0.3, -0.25) is 10.1 Å². The van der Waals surface area contributed by atoms with Crippen molar-refractivity contribution in [2.45, 2.75) is 71.5 Å². The molecule has 3 atom stereocenters. The lowest BCUT2D eigenvalue weighted by Crippen LogP contribution is -2.39. The van der Waals surface area contributed by atoms with Crippen LogP contribution in [0.4, 0.5) is 0 Å². The number of rotatable bonds is 8. The van der Waals surface area contributed by atoms with E-state index in [1.54, 1.807) is 0 Å². The molecule has 1 N–H and O–H groups in total. The van der Waals surface area contributed by atoms with Crippen molar-refractivity contribution >= 4 is 5.91 Å². The highest BCUT2D eigenvalue weighted by Crippen LogP contribution is 2.23. The van der Waals surface area contributed by atoms with E-state index >= 15 is 0 Å². The first kappa shape index (κ1) is 16.8. The van der Waals surface area contributed by atoms with Crippen molar-refractivity contribution in [3.8, 4) is 0 Å². The molecule has 2 aliphatic rings. The van der Waals surface area contributed by atoms with Gasteiger partial charge < -0.3 is 9.64 Å². The van der Waals surface area contributed by atoms with E-state index in [1.807, 2.05) is 0 Å². The summed E-state index contributed by atoms with van der Waals surface area (Å²) in [4.78, 5) is 14.8. The lowest BCUT2D eigenvalue weighted by Gasteiger charge is -2.26. The van der Waals surface area contributed by atoms with Crippen LogP contribution in [0.1, 0.15) is 59.3 Å². The summed E-state index contributed by atoms with van der Waals surface area (Å²) in [5.74, 6) is 1.58. The average Bonchev–Trinajstić information content (AvgIpc) is 3.03. The molecule has 2 fully saturated rings. The van der Waals surface area contributed by atoms with Gasteiger partial charge in [0.1, 0.15) is 0 Å². The van der Waals surface area contributed by atoms with Crippen LogP contribution in [0.15, 0.2) is 0 Å². The minimum Gasteiger partial charge on any atom is -0.381 e. The van der Waals surface area contributed by atoms with Gasteiger partial charge in [0.25, 0.3) is 0 Å². The van der Waals surface area contributed by atoms with E-state index < -0.39 is 0 Å². The summed E-state index contributed by atoms with van der Waals surface area (Å²) in [5, 5.41) is 3.58. The molecule has 21 heavy (non-hydrogen) atoms.